The van der Waals surface area contributed by atoms with Crippen molar-refractivity contribution in [3.8, 4) is 11.4 Å². The molecule has 1 aromatic carbocycles. The molecule has 2 amide bonds. The number of nitrogens with one attached hydrogen (secondary N) is 2. The van der Waals surface area contributed by atoms with Crippen LogP contribution < -0.4 is 10.6 Å². The number of hydrogen-bond acceptors (Lipinski definition) is 5. The lowest BCUT2D eigenvalue weighted by molar-refractivity contribution is -0.0852. The highest BCUT2D eigenvalue weighted by molar-refractivity contribution is 5.89. The SMILES string of the molecule is Cn1cnnc1-c1ccc(NC(=O)NCC2COCCO2)cc1. The van der Waals surface area contributed by atoms with Crippen molar-refractivity contribution in [2.24, 2.45) is 7.05 Å². The molecule has 1 fully saturated rings. The van der Waals surface area contributed by atoms with E-state index in [0.717, 1.165) is 11.4 Å². The maximum absolute atomic E-state index is 11.9. The van der Waals surface area contributed by atoms with Crippen LogP contribution in [0, 0.1) is 0 Å². The molecule has 8 nitrogen and oxygen atoms in total. The van der Waals surface area contributed by atoms with Crippen molar-refractivity contribution in [2.45, 2.75) is 6.10 Å². The average Bonchev–Trinajstić information content (AvgIpc) is 3.01. The monoisotopic (exact) mass is 317 g/mol. The molecule has 1 aliphatic rings. The minimum Gasteiger partial charge on any atom is -0.376 e. The summed E-state index contributed by atoms with van der Waals surface area (Å²) in [4.78, 5) is 11.9. The van der Waals surface area contributed by atoms with Crippen LogP contribution in [0.5, 0.6) is 0 Å². The summed E-state index contributed by atoms with van der Waals surface area (Å²) in [5, 5.41) is 13.4. The quantitative estimate of drug-likeness (QED) is 0.878. The number of ether oxygens (including phenoxy) is 2. The van der Waals surface area contributed by atoms with Gasteiger partial charge in [0.15, 0.2) is 5.82 Å². The van der Waals surface area contributed by atoms with Crippen LogP contribution in [0.1, 0.15) is 0 Å². The van der Waals surface area contributed by atoms with Crippen LogP contribution in [0.2, 0.25) is 0 Å². The van der Waals surface area contributed by atoms with Crippen molar-refractivity contribution in [1.82, 2.24) is 20.1 Å². The first-order chi connectivity index (χ1) is 11.2. The smallest absolute Gasteiger partial charge is 0.319 e. The topological polar surface area (TPSA) is 90.3 Å². The van der Waals surface area contributed by atoms with Gasteiger partial charge in [0, 0.05) is 24.8 Å². The number of benzene rings is 1. The molecule has 1 atom stereocenters. The predicted molar refractivity (Wildman–Crippen MR) is 84.0 cm³/mol. The van der Waals surface area contributed by atoms with Gasteiger partial charge >= 0.3 is 6.03 Å². The Balaban J connectivity index is 1.51. The van der Waals surface area contributed by atoms with Crippen molar-refractivity contribution < 1.29 is 14.3 Å². The van der Waals surface area contributed by atoms with Crippen LogP contribution in [-0.2, 0) is 16.5 Å². The highest BCUT2D eigenvalue weighted by Gasteiger charge is 2.15. The van der Waals surface area contributed by atoms with Gasteiger partial charge in [-0.05, 0) is 24.3 Å². The maximum Gasteiger partial charge on any atom is 0.319 e. The fourth-order valence-electron chi connectivity index (χ4n) is 2.28. The Morgan fingerprint density at radius 2 is 2.17 bits per heavy atom. The summed E-state index contributed by atoms with van der Waals surface area (Å²) in [6, 6.07) is 7.15. The van der Waals surface area contributed by atoms with E-state index in [1.54, 1.807) is 6.33 Å². The molecule has 1 aliphatic heterocycles. The zero-order valence-corrected chi connectivity index (χ0v) is 12.9. The summed E-state index contributed by atoms with van der Waals surface area (Å²) >= 11 is 0. The fraction of sp³-hybridized carbons (Fsp3) is 0.400. The van der Waals surface area contributed by atoms with Crippen LogP contribution >= 0.6 is 0 Å². The van der Waals surface area contributed by atoms with Gasteiger partial charge in [0.05, 0.1) is 25.9 Å². The number of anilines is 1. The van der Waals surface area contributed by atoms with Gasteiger partial charge < -0.3 is 24.7 Å². The summed E-state index contributed by atoms with van der Waals surface area (Å²) in [7, 11) is 1.88. The third-order valence-electron chi connectivity index (χ3n) is 3.49. The van der Waals surface area contributed by atoms with E-state index in [4.69, 9.17) is 9.47 Å². The number of carbonyl (C=O) groups is 1. The third kappa shape index (κ3) is 4.05. The number of carbonyl (C=O) groups excluding carboxylic acids is 1. The number of rotatable bonds is 4. The van der Waals surface area contributed by atoms with Gasteiger partial charge in [-0.25, -0.2) is 4.79 Å². The number of aromatic nitrogens is 3. The first kappa shape index (κ1) is 15.4. The normalized spacial score (nSPS) is 17.7. The molecule has 1 saturated heterocycles. The van der Waals surface area contributed by atoms with E-state index in [1.165, 1.54) is 0 Å². The van der Waals surface area contributed by atoms with Gasteiger partial charge in [-0.15, -0.1) is 10.2 Å². The second-order valence-corrected chi connectivity index (χ2v) is 5.25. The van der Waals surface area contributed by atoms with Crippen molar-refractivity contribution in [1.29, 1.82) is 0 Å². The molecule has 1 unspecified atom stereocenters. The van der Waals surface area contributed by atoms with Crippen LogP contribution in [-0.4, -0.2) is 53.3 Å². The summed E-state index contributed by atoms with van der Waals surface area (Å²) in [5.41, 5.74) is 1.64. The molecule has 23 heavy (non-hydrogen) atoms. The van der Waals surface area contributed by atoms with Gasteiger partial charge in [-0.2, -0.15) is 0 Å². The Kier molecular flexibility index (Phi) is 4.84. The zero-order chi connectivity index (χ0) is 16.1. The first-order valence-electron chi connectivity index (χ1n) is 7.41. The summed E-state index contributed by atoms with van der Waals surface area (Å²) in [6.07, 6.45) is 1.55. The molecule has 8 heteroatoms. The largest absolute Gasteiger partial charge is 0.376 e. The number of urea groups is 1. The molecule has 0 aliphatic carbocycles. The highest BCUT2D eigenvalue weighted by atomic mass is 16.6. The Morgan fingerprint density at radius 1 is 1.35 bits per heavy atom. The molecule has 122 valence electrons. The van der Waals surface area contributed by atoms with Crippen molar-refractivity contribution >= 4 is 11.7 Å². The minimum atomic E-state index is -0.273. The lowest BCUT2D eigenvalue weighted by atomic mass is 10.2. The fourth-order valence-corrected chi connectivity index (χ4v) is 2.28. The third-order valence-corrected chi connectivity index (χ3v) is 3.49. The Hall–Kier alpha value is -2.45. The van der Waals surface area contributed by atoms with Crippen LogP contribution in [0.4, 0.5) is 10.5 Å². The molecular formula is C15H19N5O3. The van der Waals surface area contributed by atoms with Gasteiger partial charge in [-0.3, -0.25) is 0 Å². The van der Waals surface area contributed by atoms with E-state index >= 15 is 0 Å². The van der Waals surface area contributed by atoms with Crippen molar-refractivity contribution in [3.05, 3.63) is 30.6 Å². The Morgan fingerprint density at radius 3 is 2.83 bits per heavy atom. The van der Waals surface area contributed by atoms with Crippen LogP contribution in [0.15, 0.2) is 30.6 Å². The molecule has 0 spiro atoms. The first-order valence-corrected chi connectivity index (χ1v) is 7.41. The Labute approximate surface area is 133 Å². The molecule has 0 saturated carbocycles. The highest BCUT2D eigenvalue weighted by Crippen LogP contribution is 2.18. The number of aryl methyl sites for hydroxylation is 1. The van der Waals surface area contributed by atoms with Crippen molar-refractivity contribution in [3.63, 3.8) is 0 Å². The molecule has 2 N–H and O–H groups in total. The minimum absolute atomic E-state index is 0.0900. The lowest BCUT2D eigenvalue weighted by Crippen LogP contribution is -2.41. The number of hydrogen-bond donors (Lipinski definition) is 2. The summed E-state index contributed by atoms with van der Waals surface area (Å²) in [5.74, 6) is 0.774. The van der Waals surface area contributed by atoms with E-state index in [1.807, 2.05) is 35.9 Å². The number of amides is 2. The molecular weight excluding hydrogens is 298 g/mol. The average molecular weight is 317 g/mol. The second kappa shape index (κ2) is 7.21. The van der Waals surface area contributed by atoms with E-state index in [-0.39, 0.29) is 12.1 Å². The van der Waals surface area contributed by atoms with Crippen LogP contribution in [0.3, 0.4) is 0 Å². The maximum atomic E-state index is 11.9. The van der Waals surface area contributed by atoms with Gasteiger partial charge in [0.25, 0.3) is 0 Å². The number of nitrogens with zero attached hydrogens (tertiary/aromatic N) is 3. The standard InChI is InChI=1S/C15H19N5O3/c1-20-10-17-19-14(20)11-2-4-12(5-3-11)18-15(21)16-8-13-9-22-6-7-23-13/h2-5,10,13H,6-9H2,1H3,(H2,16,18,21). The molecule has 2 aromatic rings. The van der Waals surface area contributed by atoms with E-state index in [9.17, 15) is 4.79 Å². The lowest BCUT2D eigenvalue weighted by Gasteiger charge is -2.23. The van der Waals surface area contributed by atoms with Gasteiger partial charge in [0.1, 0.15) is 6.33 Å². The second-order valence-electron chi connectivity index (χ2n) is 5.25. The van der Waals surface area contributed by atoms with E-state index in [0.29, 0.717) is 32.1 Å². The van der Waals surface area contributed by atoms with Gasteiger partial charge in [0.2, 0.25) is 0 Å². The van der Waals surface area contributed by atoms with Crippen LogP contribution in [0.25, 0.3) is 11.4 Å². The van der Waals surface area contributed by atoms with E-state index < -0.39 is 0 Å². The Bertz CT molecular complexity index is 649. The molecule has 2 heterocycles. The predicted octanol–water partition coefficient (Wildman–Crippen LogP) is 1.02. The molecule has 3 rings (SSSR count). The molecule has 0 bridgehead atoms. The summed E-state index contributed by atoms with van der Waals surface area (Å²) < 4.78 is 12.6. The molecule has 1 aromatic heterocycles. The zero-order valence-electron chi connectivity index (χ0n) is 12.9. The molecule has 0 radical (unpaired) electrons. The van der Waals surface area contributed by atoms with E-state index in [2.05, 4.69) is 20.8 Å². The summed E-state index contributed by atoms with van der Waals surface area (Å²) in [6.45, 7) is 2.10. The van der Waals surface area contributed by atoms with Crippen molar-refractivity contribution in [2.75, 3.05) is 31.7 Å². The van der Waals surface area contributed by atoms with Gasteiger partial charge in [-0.1, -0.05) is 0 Å².